The normalized spacial score (nSPS) is 15.6. The quantitative estimate of drug-likeness (QED) is 0.235. The molecule has 1 aliphatic rings. The molecule has 0 saturated carbocycles. The molecule has 1 aliphatic heterocycles. The van der Waals surface area contributed by atoms with Crippen LogP contribution in [0.2, 0.25) is 0 Å². The monoisotopic (exact) mass is 418 g/mol. The number of carbonyl (C=O) groups excluding carboxylic acids is 1. The zero-order valence-corrected chi connectivity index (χ0v) is 18.8. The number of hydrogen-bond donors (Lipinski definition) is 2. The first-order chi connectivity index (χ1) is 14.7. The Morgan fingerprint density at radius 3 is 2.40 bits per heavy atom. The van der Waals surface area contributed by atoms with Crippen molar-refractivity contribution in [3.8, 4) is 5.75 Å². The van der Waals surface area contributed by atoms with E-state index in [0.29, 0.717) is 12.5 Å². The molecule has 1 heterocycles. The van der Waals surface area contributed by atoms with Gasteiger partial charge in [-0.2, -0.15) is 0 Å². The van der Waals surface area contributed by atoms with Crippen LogP contribution in [0.25, 0.3) is 0 Å². The summed E-state index contributed by atoms with van der Waals surface area (Å²) in [6, 6.07) is 8.70. The van der Waals surface area contributed by atoms with Gasteiger partial charge in [0.05, 0.1) is 20.3 Å². The molecule has 30 heavy (non-hydrogen) atoms. The van der Waals surface area contributed by atoms with Gasteiger partial charge in [-0.25, -0.2) is 0 Å². The number of aliphatic imine (C=N–C) groups is 1. The molecule has 7 nitrogen and oxygen atoms in total. The Morgan fingerprint density at radius 1 is 1.07 bits per heavy atom. The first-order valence-electron chi connectivity index (χ1n) is 11.1. The number of nitrogens with one attached hydrogen (secondary N) is 2. The maximum Gasteiger partial charge on any atom is 0.305 e. The van der Waals surface area contributed by atoms with E-state index in [-0.39, 0.29) is 5.97 Å². The van der Waals surface area contributed by atoms with E-state index in [9.17, 15) is 4.79 Å². The van der Waals surface area contributed by atoms with Crippen LogP contribution < -0.4 is 15.4 Å². The van der Waals surface area contributed by atoms with E-state index in [1.807, 2.05) is 19.2 Å². The Bertz CT molecular complexity index is 642. The molecule has 1 aromatic rings. The van der Waals surface area contributed by atoms with E-state index in [1.165, 1.54) is 25.5 Å². The second-order valence-corrected chi connectivity index (χ2v) is 7.65. The number of nitrogens with zero attached hydrogens (tertiary/aromatic N) is 2. The fraction of sp³-hybridized carbons (Fsp3) is 0.652. The molecular weight excluding hydrogens is 380 g/mol. The van der Waals surface area contributed by atoms with Gasteiger partial charge in [-0.1, -0.05) is 25.0 Å². The van der Waals surface area contributed by atoms with E-state index < -0.39 is 0 Å². The van der Waals surface area contributed by atoms with Crippen molar-refractivity contribution >= 4 is 11.9 Å². The van der Waals surface area contributed by atoms with Crippen LogP contribution in [0.1, 0.15) is 56.6 Å². The van der Waals surface area contributed by atoms with Crippen LogP contribution in [0.15, 0.2) is 29.3 Å². The number of benzene rings is 1. The van der Waals surface area contributed by atoms with E-state index in [2.05, 4.69) is 37.4 Å². The third-order valence-corrected chi connectivity index (χ3v) is 5.60. The molecule has 0 aliphatic carbocycles. The van der Waals surface area contributed by atoms with Crippen LogP contribution in [-0.4, -0.2) is 64.3 Å². The van der Waals surface area contributed by atoms with Gasteiger partial charge in [-0.05, 0) is 56.5 Å². The van der Waals surface area contributed by atoms with Gasteiger partial charge in [0.2, 0.25) is 0 Å². The molecule has 2 N–H and O–H groups in total. The highest BCUT2D eigenvalue weighted by molar-refractivity contribution is 5.79. The molecule has 0 radical (unpaired) electrons. The van der Waals surface area contributed by atoms with Crippen LogP contribution in [0, 0.1) is 0 Å². The molecule has 168 valence electrons. The van der Waals surface area contributed by atoms with Crippen molar-refractivity contribution in [2.75, 3.05) is 47.4 Å². The van der Waals surface area contributed by atoms with E-state index in [0.717, 1.165) is 63.6 Å². The predicted octanol–water partition coefficient (Wildman–Crippen LogP) is 3.12. The summed E-state index contributed by atoms with van der Waals surface area (Å²) in [7, 11) is 4.95. The Hall–Kier alpha value is -2.28. The number of guanidine groups is 1. The minimum atomic E-state index is -0.123. The van der Waals surface area contributed by atoms with Crippen molar-refractivity contribution < 1.29 is 14.3 Å². The van der Waals surface area contributed by atoms with Crippen molar-refractivity contribution in [3.63, 3.8) is 0 Å². The van der Waals surface area contributed by atoms with Crippen LogP contribution in [-0.2, 0) is 9.53 Å². The fourth-order valence-corrected chi connectivity index (χ4v) is 3.81. The molecule has 7 heteroatoms. The second-order valence-electron chi connectivity index (χ2n) is 7.65. The van der Waals surface area contributed by atoms with Gasteiger partial charge in [0.25, 0.3) is 0 Å². The second kappa shape index (κ2) is 13.9. The van der Waals surface area contributed by atoms with Crippen molar-refractivity contribution in [1.29, 1.82) is 0 Å². The number of esters is 1. The molecule has 0 aromatic heterocycles. The Morgan fingerprint density at radius 2 is 1.77 bits per heavy atom. The summed E-state index contributed by atoms with van der Waals surface area (Å²) in [5.41, 5.74) is 1.30. The highest BCUT2D eigenvalue weighted by Gasteiger charge is 2.23. The molecular formula is C23H38N4O3. The van der Waals surface area contributed by atoms with Gasteiger partial charge in [0.15, 0.2) is 5.96 Å². The Kier molecular flexibility index (Phi) is 11.1. The molecule has 1 fully saturated rings. The summed E-state index contributed by atoms with van der Waals surface area (Å²) in [6.45, 7) is 3.95. The van der Waals surface area contributed by atoms with Crippen molar-refractivity contribution in [3.05, 3.63) is 29.8 Å². The van der Waals surface area contributed by atoms with Crippen molar-refractivity contribution in [1.82, 2.24) is 15.5 Å². The smallest absolute Gasteiger partial charge is 0.305 e. The lowest BCUT2D eigenvalue weighted by atomic mass is 10.1. The highest BCUT2D eigenvalue weighted by atomic mass is 16.5. The highest BCUT2D eigenvalue weighted by Crippen LogP contribution is 2.26. The number of hydrogen-bond acceptors (Lipinski definition) is 5. The van der Waals surface area contributed by atoms with Gasteiger partial charge < -0.3 is 20.1 Å². The maximum atomic E-state index is 11.1. The number of likely N-dealkylation sites (tertiary alicyclic amines) is 1. The van der Waals surface area contributed by atoms with Crippen molar-refractivity contribution in [2.24, 2.45) is 4.99 Å². The summed E-state index contributed by atoms with van der Waals surface area (Å²) in [5, 5.41) is 6.91. The summed E-state index contributed by atoms with van der Waals surface area (Å²) in [6.07, 6.45) is 7.09. The molecule has 2 rings (SSSR count). The van der Waals surface area contributed by atoms with E-state index >= 15 is 0 Å². The number of ether oxygens (including phenoxy) is 2. The van der Waals surface area contributed by atoms with Crippen LogP contribution in [0.5, 0.6) is 5.75 Å². The maximum absolute atomic E-state index is 11.1. The average Bonchev–Trinajstić information content (AvgIpc) is 3.31. The number of carbonyl (C=O) groups is 1. The van der Waals surface area contributed by atoms with Crippen LogP contribution >= 0.6 is 0 Å². The third-order valence-electron chi connectivity index (χ3n) is 5.60. The summed E-state index contributed by atoms with van der Waals surface area (Å²) < 4.78 is 9.97. The standard InChI is InChI=1S/C23H38N4O3/c1-24-23(25-15-7-5-4-6-10-22(28)30-3)26-18-21(27-16-8-9-17-27)19-11-13-20(29-2)14-12-19/h11-14,21H,4-10,15-18H2,1-3H3,(H2,24,25,26). The number of methoxy groups -OCH3 is 2. The lowest BCUT2D eigenvalue weighted by Gasteiger charge is -2.29. The van der Waals surface area contributed by atoms with Crippen LogP contribution in [0.4, 0.5) is 0 Å². The largest absolute Gasteiger partial charge is 0.497 e. The summed E-state index contributed by atoms with van der Waals surface area (Å²) in [4.78, 5) is 18.0. The lowest BCUT2D eigenvalue weighted by Crippen LogP contribution is -2.42. The molecule has 1 unspecified atom stereocenters. The Labute approximate surface area is 181 Å². The molecule has 1 saturated heterocycles. The zero-order chi connectivity index (χ0) is 21.6. The molecule has 1 atom stereocenters. The predicted molar refractivity (Wildman–Crippen MR) is 121 cm³/mol. The minimum absolute atomic E-state index is 0.123. The van der Waals surface area contributed by atoms with E-state index in [4.69, 9.17) is 4.74 Å². The summed E-state index contributed by atoms with van der Waals surface area (Å²) >= 11 is 0. The SMILES string of the molecule is CN=C(NCCCCCCC(=O)OC)NCC(c1ccc(OC)cc1)N1CCCC1. The van der Waals surface area contributed by atoms with Crippen LogP contribution in [0.3, 0.4) is 0 Å². The average molecular weight is 419 g/mol. The van der Waals surface area contributed by atoms with Gasteiger partial charge >= 0.3 is 5.97 Å². The fourth-order valence-electron chi connectivity index (χ4n) is 3.81. The first-order valence-corrected chi connectivity index (χ1v) is 11.1. The van der Waals surface area contributed by atoms with Gasteiger partial charge in [0, 0.05) is 26.6 Å². The van der Waals surface area contributed by atoms with Gasteiger partial charge in [0.1, 0.15) is 5.75 Å². The lowest BCUT2D eigenvalue weighted by molar-refractivity contribution is -0.140. The number of rotatable bonds is 12. The number of unbranched alkanes of at least 4 members (excludes halogenated alkanes) is 3. The molecule has 0 amide bonds. The van der Waals surface area contributed by atoms with Gasteiger partial charge in [-0.15, -0.1) is 0 Å². The third kappa shape index (κ3) is 8.22. The molecule has 0 bridgehead atoms. The van der Waals surface area contributed by atoms with Crippen molar-refractivity contribution in [2.45, 2.75) is 51.0 Å². The first kappa shape index (κ1) is 24.0. The molecule has 0 spiro atoms. The minimum Gasteiger partial charge on any atom is -0.497 e. The topological polar surface area (TPSA) is 75.2 Å². The molecule has 1 aromatic carbocycles. The Balaban J connectivity index is 1.76. The van der Waals surface area contributed by atoms with E-state index in [1.54, 1.807) is 7.11 Å². The van der Waals surface area contributed by atoms with Gasteiger partial charge in [-0.3, -0.25) is 14.7 Å². The summed E-state index contributed by atoms with van der Waals surface area (Å²) in [5.74, 6) is 1.60. The zero-order valence-electron chi connectivity index (χ0n) is 18.8.